The van der Waals surface area contributed by atoms with Gasteiger partial charge in [-0.15, -0.1) is 0 Å². The van der Waals surface area contributed by atoms with E-state index in [4.69, 9.17) is 21.1 Å². The Labute approximate surface area is 193 Å². The van der Waals surface area contributed by atoms with Crippen LogP contribution in [0.2, 0.25) is 5.02 Å². The lowest BCUT2D eigenvalue weighted by molar-refractivity contribution is -0.142. The lowest BCUT2D eigenvalue weighted by atomic mass is 9.73. The molecule has 4 rings (SSSR count). The number of piperazine rings is 1. The van der Waals surface area contributed by atoms with Crippen LogP contribution in [-0.4, -0.2) is 70.0 Å². The van der Waals surface area contributed by atoms with Crippen molar-refractivity contribution in [1.82, 2.24) is 9.21 Å². The molecule has 7 nitrogen and oxygen atoms in total. The van der Waals surface area contributed by atoms with E-state index < -0.39 is 15.4 Å². The van der Waals surface area contributed by atoms with Gasteiger partial charge in [0, 0.05) is 44.4 Å². The molecular formula is C23H27ClN2O5S. The molecule has 2 saturated heterocycles. The molecule has 0 aliphatic carbocycles. The molecule has 2 aromatic rings. The summed E-state index contributed by atoms with van der Waals surface area (Å²) in [7, 11) is -2.09. The molecule has 2 heterocycles. The van der Waals surface area contributed by atoms with Gasteiger partial charge in [-0.1, -0.05) is 23.7 Å². The Balaban J connectivity index is 1.49. The lowest BCUT2D eigenvalue weighted by Crippen LogP contribution is -2.56. The third-order valence-corrected chi connectivity index (χ3v) is 8.54. The summed E-state index contributed by atoms with van der Waals surface area (Å²) in [5, 5.41) is 0.626. The number of hydrogen-bond acceptors (Lipinski definition) is 5. The summed E-state index contributed by atoms with van der Waals surface area (Å²) < 4.78 is 38.2. The van der Waals surface area contributed by atoms with E-state index in [1.165, 1.54) is 11.4 Å². The molecule has 9 heteroatoms. The molecule has 0 bridgehead atoms. The highest BCUT2D eigenvalue weighted by Crippen LogP contribution is 2.37. The van der Waals surface area contributed by atoms with Crippen molar-refractivity contribution in [2.75, 3.05) is 46.5 Å². The summed E-state index contributed by atoms with van der Waals surface area (Å²) in [5.41, 5.74) is 0.267. The highest BCUT2D eigenvalue weighted by atomic mass is 35.5. The number of methoxy groups -OCH3 is 1. The van der Waals surface area contributed by atoms with Gasteiger partial charge >= 0.3 is 0 Å². The molecule has 2 aliphatic heterocycles. The maximum Gasteiger partial charge on any atom is 0.243 e. The van der Waals surface area contributed by atoms with Crippen LogP contribution in [0, 0.1) is 0 Å². The Morgan fingerprint density at radius 1 is 0.969 bits per heavy atom. The highest BCUT2D eigenvalue weighted by Gasteiger charge is 2.45. The van der Waals surface area contributed by atoms with Gasteiger partial charge in [0.1, 0.15) is 5.75 Å². The first-order chi connectivity index (χ1) is 15.4. The fraction of sp³-hybridized carbons (Fsp3) is 0.435. The zero-order valence-electron chi connectivity index (χ0n) is 18.0. The molecule has 2 aliphatic rings. The zero-order valence-corrected chi connectivity index (χ0v) is 19.6. The molecule has 2 aromatic carbocycles. The number of sulfonamides is 1. The molecule has 0 N–H and O–H groups in total. The number of rotatable bonds is 5. The van der Waals surface area contributed by atoms with Crippen molar-refractivity contribution in [3.63, 3.8) is 0 Å². The van der Waals surface area contributed by atoms with Crippen molar-refractivity contribution < 1.29 is 22.7 Å². The number of carbonyl (C=O) groups is 1. The number of nitrogens with zero attached hydrogens (tertiary/aromatic N) is 2. The van der Waals surface area contributed by atoms with Crippen LogP contribution in [0.3, 0.4) is 0 Å². The Hall–Kier alpha value is -2.13. The predicted octanol–water partition coefficient (Wildman–Crippen LogP) is 2.93. The van der Waals surface area contributed by atoms with Crippen molar-refractivity contribution in [2.24, 2.45) is 0 Å². The van der Waals surface area contributed by atoms with Gasteiger partial charge in [0.05, 0.1) is 17.4 Å². The largest absolute Gasteiger partial charge is 0.497 e. The second kappa shape index (κ2) is 9.39. The number of hydrogen-bond donors (Lipinski definition) is 0. The maximum absolute atomic E-state index is 13.7. The number of amides is 1. The third kappa shape index (κ3) is 4.37. The van der Waals surface area contributed by atoms with E-state index in [9.17, 15) is 13.2 Å². The number of carbonyl (C=O) groups excluding carboxylic acids is 1. The first kappa shape index (κ1) is 23.0. The van der Waals surface area contributed by atoms with E-state index in [2.05, 4.69) is 0 Å². The van der Waals surface area contributed by atoms with E-state index in [1.807, 2.05) is 12.1 Å². The van der Waals surface area contributed by atoms with Gasteiger partial charge in [0.2, 0.25) is 15.9 Å². The Morgan fingerprint density at radius 2 is 1.56 bits per heavy atom. The smallest absolute Gasteiger partial charge is 0.243 e. The normalized spacial score (nSPS) is 19.5. The molecule has 0 radical (unpaired) electrons. The molecule has 0 aromatic heterocycles. The van der Waals surface area contributed by atoms with E-state index in [-0.39, 0.29) is 23.9 Å². The standard InChI is InChI=1S/C23H27ClN2O5S/c1-30-20-6-8-21(9-7-20)32(28,29)26-14-12-25(13-15-26)22(27)23(10-16-31-17-11-23)18-2-4-19(24)5-3-18/h2-9H,10-17H2,1H3. The summed E-state index contributed by atoms with van der Waals surface area (Å²) >= 11 is 6.06. The van der Waals surface area contributed by atoms with Crippen molar-refractivity contribution in [3.05, 3.63) is 59.1 Å². The van der Waals surface area contributed by atoms with Crippen molar-refractivity contribution in [1.29, 1.82) is 0 Å². The van der Waals surface area contributed by atoms with Gasteiger partial charge in [-0.2, -0.15) is 4.31 Å². The van der Waals surface area contributed by atoms with Crippen molar-refractivity contribution in [2.45, 2.75) is 23.2 Å². The maximum atomic E-state index is 13.7. The molecule has 32 heavy (non-hydrogen) atoms. The minimum atomic E-state index is -3.63. The Bertz CT molecular complexity index is 1040. The molecule has 0 saturated carbocycles. The number of benzene rings is 2. The third-order valence-electron chi connectivity index (χ3n) is 6.38. The zero-order chi connectivity index (χ0) is 22.8. The summed E-state index contributed by atoms with van der Waals surface area (Å²) in [6.07, 6.45) is 1.19. The minimum absolute atomic E-state index is 0.0321. The number of halogens is 1. The van der Waals surface area contributed by atoms with Crippen LogP contribution in [0.25, 0.3) is 0 Å². The van der Waals surface area contributed by atoms with E-state index in [0.29, 0.717) is 49.9 Å². The van der Waals surface area contributed by atoms with Crippen molar-refractivity contribution in [3.8, 4) is 5.75 Å². The summed E-state index contributed by atoms with van der Waals surface area (Å²) in [6.45, 7) is 2.25. The second-order valence-corrected chi connectivity index (χ2v) is 10.4. The van der Waals surface area contributed by atoms with Crippen LogP contribution in [0.1, 0.15) is 18.4 Å². The van der Waals surface area contributed by atoms with Gasteiger partial charge in [-0.05, 0) is 54.8 Å². The van der Waals surface area contributed by atoms with Gasteiger partial charge in [-0.25, -0.2) is 8.42 Å². The summed E-state index contributed by atoms with van der Waals surface area (Å²) in [4.78, 5) is 15.7. The van der Waals surface area contributed by atoms with Crippen LogP contribution in [0.4, 0.5) is 0 Å². The van der Waals surface area contributed by atoms with Crippen LogP contribution in [0.15, 0.2) is 53.4 Å². The Morgan fingerprint density at radius 3 is 2.12 bits per heavy atom. The molecule has 1 amide bonds. The molecule has 2 fully saturated rings. The fourth-order valence-corrected chi connectivity index (χ4v) is 5.99. The average Bonchev–Trinajstić information content (AvgIpc) is 2.84. The quantitative estimate of drug-likeness (QED) is 0.660. The van der Waals surface area contributed by atoms with Crippen LogP contribution in [0.5, 0.6) is 5.75 Å². The predicted molar refractivity (Wildman–Crippen MR) is 122 cm³/mol. The second-order valence-electron chi connectivity index (χ2n) is 8.07. The molecular weight excluding hydrogens is 452 g/mol. The Kier molecular flexibility index (Phi) is 6.76. The first-order valence-corrected chi connectivity index (χ1v) is 12.5. The molecule has 0 spiro atoms. The van der Waals surface area contributed by atoms with Gasteiger partial charge in [0.15, 0.2) is 0 Å². The van der Waals surface area contributed by atoms with Gasteiger partial charge in [-0.3, -0.25) is 4.79 Å². The molecule has 0 unspecified atom stereocenters. The van der Waals surface area contributed by atoms with Gasteiger partial charge in [0.25, 0.3) is 0 Å². The summed E-state index contributed by atoms with van der Waals surface area (Å²) in [6, 6.07) is 13.8. The fourth-order valence-electron chi connectivity index (χ4n) is 4.45. The van der Waals surface area contributed by atoms with E-state index in [1.54, 1.807) is 41.3 Å². The topological polar surface area (TPSA) is 76.2 Å². The highest BCUT2D eigenvalue weighted by molar-refractivity contribution is 7.89. The van der Waals surface area contributed by atoms with Crippen molar-refractivity contribution >= 4 is 27.5 Å². The molecule has 0 atom stereocenters. The number of ether oxygens (including phenoxy) is 2. The monoisotopic (exact) mass is 478 g/mol. The lowest BCUT2D eigenvalue weighted by Gasteiger charge is -2.42. The molecule has 172 valence electrons. The summed E-state index contributed by atoms with van der Waals surface area (Å²) in [5.74, 6) is 0.632. The van der Waals surface area contributed by atoms with E-state index >= 15 is 0 Å². The van der Waals surface area contributed by atoms with Gasteiger partial charge < -0.3 is 14.4 Å². The minimum Gasteiger partial charge on any atom is -0.497 e. The first-order valence-electron chi connectivity index (χ1n) is 10.6. The SMILES string of the molecule is COc1ccc(S(=O)(=O)N2CCN(C(=O)C3(c4ccc(Cl)cc4)CCOCC3)CC2)cc1. The van der Waals surface area contributed by atoms with Crippen LogP contribution < -0.4 is 4.74 Å². The van der Waals surface area contributed by atoms with Crippen LogP contribution >= 0.6 is 11.6 Å². The van der Waals surface area contributed by atoms with E-state index in [0.717, 1.165) is 5.56 Å². The van der Waals surface area contributed by atoms with Crippen LogP contribution in [-0.2, 0) is 25.0 Å². The average molecular weight is 479 g/mol.